The van der Waals surface area contributed by atoms with Crippen molar-refractivity contribution in [2.75, 3.05) is 30.4 Å². The maximum Gasteiger partial charge on any atom is 0.321 e. The molecule has 1 atom stereocenters. The fraction of sp³-hybridized carbons (Fsp3) is 0.500. The Hall–Kier alpha value is -2.02. The lowest BCUT2D eigenvalue weighted by molar-refractivity contribution is 0.183. The number of hydrogen-bond donors (Lipinski definition) is 1. The van der Waals surface area contributed by atoms with Crippen LogP contribution in [-0.4, -0.2) is 46.2 Å². The average molecular weight is 360 g/mol. The van der Waals surface area contributed by atoms with E-state index < -0.39 is 0 Å². The number of aryl methyl sites for hydroxylation is 1. The summed E-state index contributed by atoms with van der Waals surface area (Å²) in [4.78, 5) is 18.8. The number of amides is 2. The number of hydrogen-bond acceptors (Lipinski definition) is 5. The number of thioether (sulfide) groups is 1. The maximum atomic E-state index is 12.6. The lowest BCUT2D eigenvalue weighted by atomic mass is 10.0. The van der Waals surface area contributed by atoms with E-state index in [1.54, 1.807) is 0 Å². The second kappa shape index (κ2) is 8.38. The van der Waals surface area contributed by atoms with Crippen molar-refractivity contribution >= 4 is 23.5 Å². The number of urea groups is 1. The number of piperidine rings is 1. The molecule has 0 radical (unpaired) electrons. The van der Waals surface area contributed by atoms with Crippen molar-refractivity contribution in [1.29, 1.82) is 0 Å². The SMILES string of the molecule is CCc1noc(-c2cccc(NC(=O)N3CCC[C@@H](CSC)C3)c2)n1. The van der Waals surface area contributed by atoms with E-state index in [2.05, 4.69) is 21.7 Å². The van der Waals surface area contributed by atoms with E-state index in [-0.39, 0.29) is 6.03 Å². The first kappa shape index (κ1) is 17.8. The Balaban J connectivity index is 1.66. The molecule has 1 N–H and O–H groups in total. The summed E-state index contributed by atoms with van der Waals surface area (Å²) in [5, 5.41) is 6.91. The van der Waals surface area contributed by atoms with E-state index in [0.717, 1.165) is 42.9 Å². The second-order valence-corrected chi connectivity index (χ2v) is 7.20. The van der Waals surface area contributed by atoms with Crippen LogP contribution in [-0.2, 0) is 6.42 Å². The third-order valence-electron chi connectivity index (χ3n) is 4.35. The predicted molar refractivity (Wildman–Crippen MR) is 101 cm³/mol. The summed E-state index contributed by atoms with van der Waals surface area (Å²) in [6, 6.07) is 7.49. The van der Waals surface area contributed by atoms with Crippen molar-refractivity contribution in [3.8, 4) is 11.5 Å². The Morgan fingerprint density at radius 2 is 2.36 bits per heavy atom. The van der Waals surface area contributed by atoms with E-state index in [1.807, 2.05) is 47.9 Å². The molecule has 1 fully saturated rings. The summed E-state index contributed by atoms with van der Waals surface area (Å²) < 4.78 is 5.27. The molecule has 6 nitrogen and oxygen atoms in total. The van der Waals surface area contributed by atoms with Crippen LogP contribution in [0.15, 0.2) is 28.8 Å². The summed E-state index contributed by atoms with van der Waals surface area (Å²) >= 11 is 1.85. The Labute approximate surface area is 152 Å². The van der Waals surface area contributed by atoms with E-state index in [4.69, 9.17) is 4.52 Å². The first-order valence-corrected chi connectivity index (χ1v) is 10.1. The van der Waals surface area contributed by atoms with Gasteiger partial charge in [0.25, 0.3) is 5.89 Å². The third kappa shape index (κ3) is 4.54. The summed E-state index contributed by atoms with van der Waals surface area (Å²) in [6.07, 6.45) is 5.12. The van der Waals surface area contributed by atoms with E-state index in [1.165, 1.54) is 6.42 Å². The molecule has 1 saturated heterocycles. The highest BCUT2D eigenvalue weighted by Gasteiger charge is 2.23. The van der Waals surface area contributed by atoms with Gasteiger partial charge in [-0.2, -0.15) is 16.7 Å². The summed E-state index contributed by atoms with van der Waals surface area (Å²) in [6.45, 7) is 3.63. The van der Waals surface area contributed by atoms with Crippen molar-refractivity contribution in [3.05, 3.63) is 30.1 Å². The quantitative estimate of drug-likeness (QED) is 0.875. The number of likely N-dealkylation sites (tertiary alicyclic amines) is 1. The number of aromatic nitrogens is 2. The molecule has 2 aromatic rings. The van der Waals surface area contributed by atoms with Crippen LogP contribution in [0, 0.1) is 5.92 Å². The summed E-state index contributed by atoms with van der Waals surface area (Å²) in [7, 11) is 0. The zero-order valence-electron chi connectivity index (χ0n) is 14.7. The average Bonchev–Trinajstić information content (AvgIpc) is 3.12. The molecule has 134 valence electrons. The lowest BCUT2D eigenvalue weighted by Gasteiger charge is -2.32. The minimum atomic E-state index is -0.0391. The molecule has 0 bridgehead atoms. The lowest BCUT2D eigenvalue weighted by Crippen LogP contribution is -2.42. The van der Waals surface area contributed by atoms with Gasteiger partial charge < -0.3 is 14.7 Å². The van der Waals surface area contributed by atoms with Gasteiger partial charge in [-0.1, -0.05) is 18.1 Å². The molecule has 25 heavy (non-hydrogen) atoms. The number of benzene rings is 1. The van der Waals surface area contributed by atoms with E-state index in [0.29, 0.717) is 17.6 Å². The molecule has 0 aliphatic carbocycles. The van der Waals surface area contributed by atoms with Gasteiger partial charge in [-0.05, 0) is 49.0 Å². The summed E-state index contributed by atoms with van der Waals surface area (Å²) in [5.41, 5.74) is 1.55. The van der Waals surface area contributed by atoms with Crippen LogP contribution in [0.2, 0.25) is 0 Å². The highest BCUT2D eigenvalue weighted by atomic mass is 32.2. The van der Waals surface area contributed by atoms with Crippen molar-refractivity contribution in [2.45, 2.75) is 26.2 Å². The molecule has 1 aliphatic rings. The van der Waals surface area contributed by atoms with Gasteiger partial charge in [0.2, 0.25) is 0 Å². The number of nitrogens with zero attached hydrogens (tertiary/aromatic N) is 3. The van der Waals surface area contributed by atoms with Gasteiger partial charge >= 0.3 is 6.03 Å². The molecule has 0 unspecified atom stereocenters. The van der Waals surface area contributed by atoms with Crippen LogP contribution < -0.4 is 5.32 Å². The number of carbonyl (C=O) groups is 1. The van der Waals surface area contributed by atoms with E-state index >= 15 is 0 Å². The van der Waals surface area contributed by atoms with Crippen LogP contribution in [0.4, 0.5) is 10.5 Å². The smallest absolute Gasteiger partial charge is 0.321 e. The molecule has 1 aliphatic heterocycles. The van der Waals surface area contributed by atoms with Crippen LogP contribution >= 0.6 is 11.8 Å². The van der Waals surface area contributed by atoms with E-state index in [9.17, 15) is 4.79 Å². The standard InChI is InChI=1S/C18H24N4O2S/c1-3-16-20-17(24-21-16)14-7-4-8-15(10-14)19-18(23)22-9-5-6-13(11-22)12-25-2/h4,7-8,10,13H,3,5-6,9,11-12H2,1-2H3,(H,19,23)/t13-/m1/s1. The fourth-order valence-corrected chi connectivity index (χ4v) is 3.81. The fourth-order valence-electron chi connectivity index (χ4n) is 3.07. The maximum absolute atomic E-state index is 12.6. The van der Waals surface area contributed by atoms with Crippen LogP contribution in [0.25, 0.3) is 11.5 Å². The highest BCUT2D eigenvalue weighted by Crippen LogP contribution is 2.23. The molecular weight excluding hydrogens is 336 g/mol. The van der Waals surface area contributed by atoms with Crippen LogP contribution in [0.5, 0.6) is 0 Å². The van der Waals surface area contributed by atoms with Crippen molar-refractivity contribution in [1.82, 2.24) is 15.0 Å². The molecule has 0 saturated carbocycles. The highest BCUT2D eigenvalue weighted by molar-refractivity contribution is 7.98. The molecule has 1 aromatic heterocycles. The summed E-state index contributed by atoms with van der Waals surface area (Å²) in [5.74, 6) is 2.85. The number of carbonyl (C=O) groups excluding carboxylic acids is 1. The molecule has 3 rings (SSSR count). The number of nitrogens with one attached hydrogen (secondary N) is 1. The number of rotatable bonds is 5. The zero-order chi connectivity index (χ0) is 17.6. The monoisotopic (exact) mass is 360 g/mol. The Morgan fingerprint density at radius 3 is 3.12 bits per heavy atom. The van der Waals surface area contributed by atoms with Crippen LogP contribution in [0.3, 0.4) is 0 Å². The predicted octanol–water partition coefficient (Wildman–Crippen LogP) is 3.91. The van der Waals surface area contributed by atoms with Crippen molar-refractivity contribution in [2.24, 2.45) is 5.92 Å². The Morgan fingerprint density at radius 1 is 1.48 bits per heavy atom. The minimum absolute atomic E-state index is 0.0391. The molecule has 2 amide bonds. The normalized spacial score (nSPS) is 17.5. The van der Waals surface area contributed by atoms with Crippen LogP contribution in [0.1, 0.15) is 25.6 Å². The number of anilines is 1. The second-order valence-electron chi connectivity index (χ2n) is 6.29. The first-order chi connectivity index (χ1) is 12.2. The zero-order valence-corrected chi connectivity index (χ0v) is 15.5. The van der Waals surface area contributed by atoms with Gasteiger partial charge in [0.15, 0.2) is 5.82 Å². The molecule has 7 heteroatoms. The van der Waals surface area contributed by atoms with Gasteiger partial charge in [0.05, 0.1) is 0 Å². The first-order valence-electron chi connectivity index (χ1n) is 8.67. The molecule has 2 heterocycles. The van der Waals surface area contributed by atoms with Gasteiger partial charge in [0.1, 0.15) is 0 Å². The van der Waals surface area contributed by atoms with Crippen molar-refractivity contribution in [3.63, 3.8) is 0 Å². The largest absolute Gasteiger partial charge is 0.334 e. The molecule has 1 aromatic carbocycles. The third-order valence-corrected chi connectivity index (χ3v) is 5.16. The van der Waals surface area contributed by atoms with Gasteiger partial charge in [-0.25, -0.2) is 4.79 Å². The Kier molecular flexibility index (Phi) is 5.96. The Bertz CT molecular complexity index is 717. The topological polar surface area (TPSA) is 71.3 Å². The van der Waals surface area contributed by atoms with Crippen molar-refractivity contribution < 1.29 is 9.32 Å². The van der Waals surface area contributed by atoms with Gasteiger partial charge in [0, 0.05) is 30.8 Å². The molecular formula is C18H24N4O2S. The van der Waals surface area contributed by atoms with Gasteiger partial charge in [-0.15, -0.1) is 0 Å². The van der Waals surface area contributed by atoms with Gasteiger partial charge in [-0.3, -0.25) is 0 Å². The minimum Gasteiger partial charge on any atom is -0.334 e. The molecule has 0 spiro atoms.